The molecule has 1 heterocycles. The molecule has 19 heavy (non-hydrogen) atoms. The van der Waals surface area contributed by atoms with Crippen LogP contribution in [0.15, 0.2) is 22.7 Å². The Balaban J connectivity index is 2.23. The quantitative estimate of drug-likeness (QED) is 0.806. The Bertz CT molecular complexity index is 461. The van der Waals surface area contributed by atoms with Gasteiger partial charge in [-0.25, -0.2) is 4.39 Å². The molecule has 104 valence electrons. The first-order valence-corrected chi connectivity index (χ1v) is 7.69. The lowest BCUT2D eigenvalue weighted by Gasteiger charge is -2.36. The highest BCUT2D eigenvalue weighted by Crippen LogP contribution is 2.25. The summed E-state index contributed by atoms with van der Waals surface area (Å²) < 4.78 is 14.4. The summed E-state index contributed by atoms with van der Waals surface area (Å²) in [5, 5.41) is 0. The predicted molar refractivity (Wildman–Crippen MR) is 77.7 cm³/mol. The van der Waals surface area contributed by atoms with Crippen molar-refractivity contribution in [3.63, 3.8) is 0 Å². The second-order valence-electron chi connectivity index (χ2n) is 5.04. The van der Waals surface area contributed by atoms with Crippen molar-refractivity contribution < 1.29 is 9.18 Å². The fourth-order valence-electron chi connectivity index (χ4n) is 2.72. The minimum atomic E-state index is -0.451. The van der Waals surface area contributed by atoms with Gasteiger partial charge in [-0.15, -0.1) is 0 Å². The second-order valence-corrected chi connectivity index (χ2v) is 5.89. The van der Waals surface area contributed by atoms with Crippen molar-refractivity contribution in [2.45, 2.75) is 45.1 Å². The third kappa shape index (κ3) is 3.16. The summed E-state index contributed by atoms with van der Waals surface area (Å²) in [4.78, 5) is 14.4. The highest BCUT2D eigenvalue weighted by molar-refractivity contribution is 9.10. The smallest absolute Gasteiger partial charge is 0.257 e. The average Bonchev–Trinajstić information content (AvgIpc) is 2.42. The maximum absolute atomic E-state index is 14.0. The number of carbonyl (C=O) groups is 1. The maximum atomic E-state index is 14.0. The van der Waals surface area contributed by atoms with Crippen LogP contribution >= 0.6 is 15.9 Å². The Morgan fingerprint density at radius 2 is 2.26 bits per heavy atom. The van der Waals surface area contributed by atoms with Crippen LogP contribution in [-0.2, 0) is 0 Å². The molecule has 0 saturated carbocycles. The number of rotatable bonds is 3. The van der Waals surface area contributed by atoms with Crippen molar-refractivity contribution in [2.24, 2.45) is 0 Å². The number of nitrogens with zero attached hydrogens (tertiary/aromatic N) is 1. The van der Waals surface area contributed by atoms with E-state index >= 15 is 0 Å². The van der Waals surface area contributed by atoms with E-state index in [0.717, 1.165) is 38.6 Å². The van der Waals surface area contributed by atoms with Crippen molar-refractivity contribution >= 4 is 21.8 Å². The van der Waals surface area contributed by atoms with Gasteiger partial charge in [-0.3, -0.25) is 4.79 Å². The molecule has 4 heteroatoms. The van der Waals surface area contributed by atoms with E-state index in [2.05, 4.69) is 22.9 Å². The molecule has 1 aromatic carbocycles. The largest absolute Gasteiger partial charge is 0.336 e. The van der Waals surface area contributed by atoms with Crippen LogP contribution < -0.4 is 0 Å². The minimum Gasteiger partial charge on any atom is -0.336 e. The molecule has 0 N–H and O–H groups in total. The Morgan fingerprint density at radius 3 is 3.00 bits per heavy atom. The van der Waals surface area contributed by atoms with Crippen molar-refractivity contribution in [1.29, 1.82) is 0 Å². The lowest BCUT2D eigenvalue weighted by atomic mass is 9.97. The molecule has 0 unspecified atom stereocenters. The topological polar surface area (TPSA) is 20.3 Å². The van der Waals surface area contributed by atoms with Crippen LogP contribution in [-0.4, -0.2) is 23.4 Å². The molecule has 2 nitrogen and oxygen atoms in total. The van der Waals surface area contributed by atoms with E-state index in [4.69, 9.17) is 0 Å². The molecule has 1 fully saturated rings. The van der Waals surface area contributed by atoms with Crippen LogP contribution in [0.25, 0.3) is 0 Å². The number of benzene rings is 1. The first kappa shape index (κ1) is 14.5. The van der Waals surface area contributed by atoms with Gasteiger partial charge in [0.25, 0.3) is 5.91 Å². The van der Waals surface area contributed by atoms with Crippen LogP contribution in [0.5, 0.6) is 0 Å². The number of halogens is 2. The number of amides is 1. The van der Waals surface area contributed by atoms with Crippen molar-refractivity contribution in [3.8, 4) is 0 Å². The highest BCUT2D eigenvalue weighted by Gasteiger charge is 2.28. The van der Waals surface area contributed by atoms with E-state index in [1.807, 2.05) is 4.90 Å². The first-order chi connectivity index (χ1) is 9.15. The monoisotopic (exact) mass is 327 g/mol. The SMILES string of the molecule is CCC[C@@H]1CCCCN1C(=O)c1cccc(Br)c1F. The zero-order valence-electron chi connectivity index (χ0n) is 11.2. The summed E-state index contributed by atoms with van der Waals surface area (Å²) in [7, 11) is 0. The Kier molecular flexibility index (Phi) is 4.97. The number of likely N-dealkylation sites (tertiary alicyclic amines) is 1. The van der Waals surface area contributed by atoms with Gasteiger partial charge in [-0.2, -0.15) is 0 Å². The van der Waals surface area contributed by atoms with Gasteiger partial charge in [-0.05, 0) is 53.7 Å². The van der Waals surface area contributed by atoms with Gasteiger partial charge < -0.3 is 4.90 Å². The van der Waals surface area contributed by atoms with Gasteiger partial charge in [-0.1, -0.05) is 19.4 Å². The summed E-state index contributed by atoms with van der Waals surface area (Å²) in [6, 6.07) is 5.16. The summed E-state index contributed by atoms with van der Waals surface area (Å²) in [5.41, 5.74) is 0.178. The third-order valence-electron chi connectivity index (χ3n) is 3.69. The normalized spacial score (nSPS) is 19.5. The van der Waals surface area contributed by atoms with E-state index in [-0.39, 0.29) is 17.5 Å². The van der Waals surface area contributed by atoms with Crippen molar-refractivity contribution in [1.82, 2.24) is 4.90 Å². The van der Waals surface area contributed by atoms with E-state index in [0.29, 0.717) is 4.47 Å². The van der Waals surface area contributed by atoms with E-state index < -0.39 is 5.82 Å². The zero-order chi connectivity index (χ0) is 13.8. The van der Waals surface area contributed by atoms with E-state index in [9.17, 15) is 9.18 Å². The van der Waals surface area contributed by atoms with Gasteiger partial charge in [0.1, 0.15) is 5.82 Å². The molecule has 0 bridgehead atoms. The van der Waals surface area contributed by atoms with Gasteiger partial charge >= 0.3 is 0 Å². The lowest BCUT2D eigenvalue weighted by molar-refractivity contribution is 0.0595. The summed E-state index contributed by atoms with van der Waals surface area (Å²) in [6.07, 6.45) is 5.27. The highest BCUT2D eigenvalue weighted by atomic mass is 79.9. The third-order valence-corrected chi connectivity index (χ3v) is 4.30. The standard InChI is InChI=1S/C15H19BrFNO/c1-2-6-11-7-3-4-10-18(11)15(19)12-8-5-9-13(16)14(12)17/h5,8-9,11H,2-4,6-7,10H2,1H3/t11-/m1/s1. The molecule has 0 spiro atoms. The molecule has 2 rings (SSSR count). The molecule has 1 amide bonds. The summed E-state index contributed by atoms with van der Waals surface area (Å²) >= 11 is 3.14. The van der Waals surface area contributed by atoms with Gasteiger partial charge in [0.2, 0.25) is 0 Å². The Hall–Kier alpha value is -0.900. The molecular formula is C15H19BrFNO. The molecule has 1 aliphatic heterocycles. The van der Waals surface area contributed by atoms with Gasteiger partial charge in [0, 0.05) is 12.6 Å². The minimum absolute atomic E-state index is 0.169. The fourth-order valence-corrected chi connectivity index (χ4v) is 3.09. The molecule has 1 saturated heterocycles. The van der Waals surface area contributed by atoms with Crippen LogP contribution in [0, 0.1) is 5.82 Å². The molecule has 0 radical (unpaired) electrons. The molecule has 0 aromatic heterocycles. The Labute approximate surface area is 122 Å². The molecule has 1 aliphatic rings. The predicted octanol–water partition coefficient (Wildman–Crippen LogP) is 4.38. The summed E-state index contributed by atoms with van der Waals surface area (Å²) in [5.74, 6) is -0.620. The first-order valence-electron chi connectivity index (χ1n) is 6.90. The van der Waals surface area contributed by atoms with Crippen LogP contribution in [0.1, 0.15) is 49.4 Å². The van der Waals surface area contributed by atoms with Crippen molar-refractivity contribution in [2.75, 3.05) is 6.54 Å². The van der Waals surface area contributed by atoms with Crippen LogP contribution in [0.2, 0.25) is 0 Å². The fraction of sp³-hybridized carbons (Fsp3) is 0.533. The van der Waals surface area contributed by atoms with Gasteiger partial charge in [0.05, 0.1) is 10.0 Å². The summed E-state index contributed by atoms with van der Waals surface area (Å²) in [6.45, 7) is 2.87. The maximum Gasteiger partial charge on any atom is 0.257 e. The number of carbonyl (C=O) groups excluding carboxylic acids is 1. The Morgan fingerprint density at radius 1 is 1.47 bits per heavy atom. The van der Waals surface area contributed by atoms with Crippen LogP contribution in [0.4, 0.5) is 4.39 Å². The number of hydrogen-bond donors (Lipinski definition) is 0. The van der Waals surface area contributed by atoms with Crippen molar-refractivity contribution in [3.05, 3.63) is 34.1 Å². The second kappa shape index (κ2) is 6.51. The number of hydrogen-bond acceptors (Lipinski definition) is 1. The number of piperidine rings is 1. The molecule has 0 aliphatic carbocycles. The molecule has 1 atom stereocenters. The zero-order valence-corrected chi connectivity index (χ0v) is 12.7. The lowest BCUT2D eigenvalue weighted by Crippen LogP contribution is -2.44. The average molecular weight is 328 g/mol. The molecule has 1 aromatic rings. The van der Waals surface area contributed by atoms with Crippen LogP contribution in [0.3, 0.4) is 0 Å². The van der Waals surface area contributed by atoms with E-state index in [1.54, 1.807) is 18.2 Å². The van der Waals surface area contributed by atoms with E-state index in [1.165, 1.54) is 0 Å². The molecular weight excluding hydrogens is 309 g/mol. The van der Waals surface area contributed by atoms with Gasteiger partial charge in [0.15, 0.2) is 0 Å².